The average Bonchev–Trinajstić information content (AvgIpc) is 3.23. The van der Waals surface area contributed by atoms with E-state index in [-0.39, 0.29) is 5.91 Å². The van der Waals surface area contributed by atoms with E-state index in [9.17, 15) is 4.79 Å². The van der Waals surface area contributed by atoms with Gasteiger partial charge in [0.25, 0.3) is 0 Å². The molecule has 1 aliphatic carbocycles. The molecule has 1 saturated carbocycles. The Kier molecular flexibility index (Phi) is 4.62. The lowest BCUT2D eigenvalue weighted by Gasteiger charge is -2.28. The summed E-state index contributed by atoms with van der Waals surface area (Å²) in [5.74, 6) is 0.230. The molecule has 0 radical (unpaired) electrons. The number of carbonyl (C=O) groups is 1. The normalized spacial score (nSPS) is 19.7. The molecule has 1 atom stereocenters. The fourth-order valence-electron chi connectivity index (χ4n) is 2.95. The molecule has 1 aliphatic heterocycles. The van der Waals surface area contributed by atoms with Gasteiger partial charge in [-0.25, -0.2) is 0 Å². The molecule has 4 nitrogen and oxygen atoms in total. The van der Waals surface area contributed by atoms with E-state index in [4.69, 9.17) is 0 Å². The molecule has 1 unspecified atom stereocenters. The minimum absolute atomic E-state index is 0.230. The zero-order chi connectivity index (χ0) is 14.8. The van der Waals surface area contributed by atoms with Crippen molar-refractivity contribution in [1.29, 1.82) is 0 Å². The van der Waals surface area contributed by atoms with Gasteiger partial charge in [0, 0.05) is 36.6 Å². The number of nitrogens with one attached hydrogen (secondary N) is 1. The number of carbonyl (C=O) groups excluding carboxylic acids is 1. The summed E-state index contributed by atoms with van der Waals surface area (Å²) >= 11 is 1.81. The molecule has 0 saturated heterocycles. The second-order valence-electron chi connectivity index (χ2n) is 6.31. The van der Waals surface area contributed by atoms with Crippen LogP contribution in [0, 0.1) is 0 Å². The maximum atomic E-state index is 12.3. The third-order valence-corrected chi connectivity index (χ3v) is 5.72. The minimum Gasteiger partial charge on any atom is -0.337 e. The Balaban J connectivity index is 1.40. The molecule has 1 aromatic heterocycles. The Morgan fingerprint density at radius 3 is 3.14 bits per heavy atom. The molecule has 2 heterocycles. The van der Waals surface area contributed by atoms with Crippen LogP contribution in [0.4, 0.5) is 0 Å². The van der Waals surface area contributed by atoms with Crippen molar-refractivity contribution in [3.8, 4) is 0 Å². The van der Waals surface area contributed by atoms with Crippen molar-refractivity contribution in [3.63, 3.8) is 0 Å². The zero-order valence-electron chi connectivity index (χ0n) is 13.0. The van der Waals surface area contributed by atoms with Gasteiger partial charge < -0.3 is 10.2 Å². The lowest BCUT2D eigenvalue weighted by molar-refractivity contribution is -0.131. The summed E-state index contributed by atoms with van der Waals surface area (Å²) in [6.07, 6.45) is 3.67. The molecule has 2 aliphatic rings. The number of hydrogen-bond donors (Lipinski definition) is 1. The van der Waals surface area contributed by atoms with Crippen molar-refractivity contribution in [2.45, 2.75) is 44.8 Å². The van der Waals surface area contributed by atoms with E-state index in [0.717, 1.165) is 32.1 Å². The highest BCUT2D eigenvalue weighted by Gasteiger charge is 2.29. The first-order chi connectivity index (χ1) is 10.1. The Hall–Kier alpha value is -0.910. The fraction of sp³-hybridized carbons (Fsp3) is 0.688. The zero-order valence-corrected chi connectivity index (χ0v) is 13.8. The number of likely N-dealkylation sites (N-methyl/N-ethyl adjacent to an activating group) is 1. The van der Waals surface area contributed by atoms with Crippen LogP contribution in [0.25, 0.3) is 0 Å². The van der Waals surface area contributed by atoms with Crippen LogP contribution < -0.4 is 5.32 Å². The van der Waals surface area contributed by atoms with E-state index in [2.05, 4.69) is 35.6 Å². The molecule has 1 aromatic rings. The van der Waals surface area contributed by atoms with Crippen LogP contribution in [0.1, 0.15) is 30.2 Å². The maximum absolute atomic E-state index is 12.3. The number of rotatable bonds is 6. The summed E-state index contributed by atoms with van der Waals surface area (Å²) in [5.41, 5.74) is 1.33. The molecule has 1 amide bonds. The van der Waals surface area contributed by atoms with Gasteiger partial charge in [-0.05, 0) is 50.2 Å². The Labute approximate surface area is 131 Å². The third kappa shape index (κ3) is 3.65. The Morgan fingerprint density at radius 1 is 1.57 bits per heavy atom. The number of nitrogens with zero attached hydrogens (tertiary/aromatic N) is 2. The molecular formula is C16H25N3OS. The van der Waals surface area contributed by atoms with Gasteiger partial charge in [-0.1, -0.05) is 0 Å². The number of fused-ring (bicyclic) bond motifs is 1. The summed E-state index contributed by atoms with van der Waals surface area (Å²) < 4.78 is 0. The lowest BCUT2D eigenvalue weighted by Crippen LogP contribution is -2.44. The van der Waals surface area contributed by atoms with Crippen molar-refractivity contribution >= 4 is 17.2 Å². The highest BCUT2D eigenvalue weighted by Crippen LogP contribution is 2.26. The minimum atomic E-state index is 0.230. The van der Waals surface area contributed by atoms with Crippen molar-refractivity contribution in [2.75, 3.05) is 26.7 Å². The second-order valence-corrected chi connectivity index (χ2v) is 7.31. The molecule has 1 fully saturated rings. The maximum Gasteiger partial charge on any atom is 0.236 e. The first-order valence-corrected chi connectivity index (χ1v) is 8.79. The number of amides is 1. The smallest absolute Gasteiger partial charge is 0.236 e. The van der Waals surface area contributed by atoms with Crippen LogP contribution in [0.15, 0.2) is 11.4 Å². The van der Waals surface area contributed by atoms with Crippen molar-refractivity contribution in [1.82, 2.24) is 15.1 Å². The van der Waals surface area contributed by atoms with Crippen molar-refractivity contribution < 1.29 is 4.79 Å². The predicted molar refractivity (Wildman–Crippen MR) is 86.6 cm³/mol. The van der Waals surface area contributed by atoms with E-state index in [0.29, 0.717) is 12.6 Å². The van der Waals surface area contributed by atoms with Gasteiger partial charge in [-0.2, -0.15) is 0 Å². The van der Waals surface area contributed by atoms with Crippen LogP contribution in [-0.4, -0.2) is 54.5 Å². The summed E-state index contributed by atoms with van der Waals surface area (Å²) in [7, 11) is 2.19. The highest BCUT2D eigenvalue weighted by molar-refractivity contribution is 7.10. The topological polar surface area (TPSA) is 35.6 Å². The Morgan fingerprint density at radius 2 is 2.38 bits per heavy atom. The van der Waals surface area contributed by atoms with Gasteiger partial charge in [0.1, 0.15) is 0 Å². The van der Waals surface area contributed by atoms with E-state index >= 15 is 0 Å². The molecule has 5 heteroatoms. The fourth-order valence-corrected chi connectivity index (χ4v) is 3.84. The third-order valence-electron chi connectivity index (χ3n) is 4.69. The summed E-state index contributed by atoms with van der Waals surface area (Å²) in [6.45, 7) is 5.23. The first kappa shape index (κ1) is 15.0. The van der Waals surface area contributed by atoms with E-state index in [1.807, 2.05) is 16.2 Å². The number of thiophene rings is 1. The Bertz CT molecular complexity index is 497. The van der Waals surface area contributed by atoms with E-state index in [1.54, 1.807) is 0 Å². The van der Waals surface area contributed by atoms with Gasteiger partial charge in [-0.15, -0.1) is 11.3 Å². The van der Waals surface area contributed by atoms with Crippen LogP contribution in [0.5, 0.6) is 0 Å². The van der Waals surface area contributed by atoms with Gasteiger partial charge in [-0.3, -0.25) is 9.69 Å². The summed E-state index contributed by atoms with van der Waals surface area (Å²) in [4.78, 5) is 18.1. The second kappa shape index (κ2) is 6.46. The monoisotopic (exact) mass is 307 g/mol. The van der Waals surface area contributed by atoms with Crippen LogP contribution >= 0.6 is 11.3 Å². The molecular weight excluding hydrogens is 282 g/mol. The van der Waals surface area contributed by atoms with E-state index in [1.165, 1.54) is 23.3 Å². The largest absolute Gasteiger partial charge is 0.337 e. The number of hydrogen-bond acceptors (Lipinski definition) is 4. The summed E-state index contributed by atoms with van der Waals surface area (Å²) in [6, 6.07) is 3.42. The first-order valence-electron chi connectivity index (χ1n) is 7.91. The molecule has 1 N–H and O–H groups in total. The quantitative estimate of drug-likeness (QED) is 0.869. The SMILES string of the molecule is CC(CNCC(=O)N1CCc2sccc2C1)N(C)C1CC1. The highest BCUT2D eigenvalue weighted by atomic mass is 32.1. The van der Waals surface area contributed by atoms with Crippen LogP contribution in [0.3, 0.4) is 0 Å². The molecule has 116 valence electrons. The standard InChI is InChI=1S/C16H25N3OS/c1-12(18(2)14-3-4-14)9-17-10-16(20)19-7-5-15-13(11-19)6-8-21-15/h6,8,12,14,17H,3-5,7,9-11H2,1-2H3. The molecule has 0 spiro atoms. The molecule has 0 aromatic carbocycles. The van der Waals surface area contributed by atoms with Crippen molar-refractivity contribution in [2.24, 2.45) is 0 Å². The van der Waals surface area contributed by atoms with Crippen LogP contribution in [-0.2, 0) is 17.8 Å². The molecule has 0 bridgehead atoms. The van der Waals surface area contributed by atoms with Gasteiger partial charge >= 0.3 is 0 Å². The average molecular weight is 307 g/mol. The molecule has 21 heavy (non-hydrogen) atoms. The van der Waals surface area contributed by atoms with Gasteiger partial charge in [0.05, 0.1) is 6.54 Å². The lowest BCUT2D eigenvalue weighted by atomic mass is 10.1. The van der Waals surface area contributed by atoms with Gasteiger partial charge in [0.15, 0.2) is 0 Å². The summed E-state index contributed by atoms with van der Waals surface area (Å²) in [5, 5.41) is 5.46. The van der Waals surface area contributed by atoms with Crippen LogP contribution in [0.2, 0.25) is 0 Å². The van der Waals surface area contributed by atoms with Gasteiger partial charge in [0.2, 0.25) is 5.91 Å². The molecule has 3 rings (SSSR count). The van der Waals surface area contributed by atoms with E-state index < -0.39 is 0 Å². The van der Waals surface area contributed by atoms with Crippen molar-refractivity contribution in [3.05, 3.63) is 21.9 Å². The predicted octanol–water partition coefficient (Wildman–Crippen LogP) is 1.71.